The van der Waals surface area contributed by atoms with E-state index in [0.29, 0.717) is 5.56 Å². The molecule has 0 saturated heterocycles. The van der Waals surface area contributed by atoms with Crippen LogP contribution >= 0.6 is 0 Å². The summed E-state index contributed by atoms with van der Waals surface area (Å²) in [7, 11) is 0. The van der Waals surface area contributed by atoms with E-state index in [1.54, 1.807) is 0 Å². The molecular weight excluding hydrogens is 344 g/mol. The minimum atomic E-state index is -0.421. The van der Waals surface area contributed by atoms with Crippen molar-refractivity contribution >= 4 is 16.7 Å². The van der Waals surface area contributed by atoms with Gasteiger partial charge >= 0.3 is 0 Å². The van der Waals surface area contributed by atoms with Crippen molar-refractivity contribution in [3.63, 3.8) is 0 Å². The number of carbonyl (C=O) groups excluding carboxylic acids is 1. The Hall–Kier alpha value is -3.17. The van der Waals surface area contributed by atoms with Gasteiger partial charge in [-0.25, -0.2) is 0 Å². The number of aromatic amines is 1. The second kappa shape index (κ2) is 7.83. The number of Topliss-reactive ketones (excluding diaryl/α,β-unsaturated/α-hetero) is 1. The molecule has 0 saturated carbocycles. The third-order valence-electron chi connectivity index (χ3n) is 5.32. The van der Waals surface area contributed by atoms with Crippen LogP contribution in [0.5, 0.6) is 0 Å². The van der Waals surface area contributed by atoms with E-state index in [2.05, 4.69) is 36.3 Å². The summed E-state index contributed by atoms with van der Waals surface area (Å²) in [4.78, 5) is 16.8. The highest BCUT2D eigenvalue weighted by atomic mass is 16.1. The van der Waals surface area contributed by atoms with Crippen molar-refractivity contribution in [1.29, 1.82) is 0 Å². The summed E-state index contributed by atoms with van der Waals surface area (Å²) in [5.74, 6) is 0.0732. The Morgan fingerprint density at radius 1 is 0.893 bits per heavy atom. The van der Waals surface area contributed by atoms with Crippen molar-refractivity contribution in [2.75, 3.05) is 0 Å². The van der Waals surface area contributed by atoms with Crippen molar-refractivity contribution in [3.8, 4) is 0 Å². The molecule has 0 spiro atoms. The van der Waals surface area contributed by atoms with Crippen molar-refractivity contribution in [2.45, 2.75) is 25.9 Å². The predicted molar refractivity (Wildman–Crippen MR) is 115 cm³/mol. The van der Waals surface area contributed by atoms with Crippen molar-refractivity contribution < 1.29 is 4.79 Å². The van der Waals surface area contributed by atoms with Crippen LogP contribution in [0.25, 0.3) is 10.9 Å². The molecule has 4 rings (SSSR count). The Morgan fingerprint density at radius 3 is 2.36 bits per heavy atom. The fourth-order valence-electron chi connectivity index (χ4n) is 3.81. The van der Waals surface area contributed by atoms with Gasteiger partial charge in [0.2, 0.25) is 0 Å². The van der Waals surface area contributed by atoms with Crippen LogP contribution in [0, 0.1) is 6.92 Å². The molecule has 3 aromatic carbocycles. The minimum absolute atomic E-state index is 0.0422. The van der Waals surface area contributed by atoms with Crippen molar-refractivity contribution in [1.82, 2.24) is 10.3 Å². The smallest absolute Gasteiger partial charge is 0.186 e. The summed E-state index contributed by atoms with van der Waals surface area (Å²) in [5, 5.41) is 4.54. The maximum atomic E-state index is 13.6. The highest BCUT2D eigenvalue weighted by molar-refractivity contribution is 6.10. The molecule has 3 heteroatoms. The van der Waals surface area contributed by atoms with Crippen LogP contribution in [0.2, 0.25) is 0 Å². The Morgan fingerprint density at radius 2 is 1.57 bits per heavy atom. The van der Waals surface area contributed by atoms with Crippen molar-refractivity contribution in [3.05, 3.63) is 107 Å². The van der Waals surface area contributed by atoms with Gasteiger partial charge in [-0.3, -0.25) is 10.1 Å². The first-order valence-electron chi connectivity index (χ1n) is 9.62. The first-order valence-corrected chi connectivity index (χ1v) is 9.62. The molecule has 2 atom stereocenters. The zero-order valence-electron chi connectivity index (χ0n) is 16.1. The Balaban J connectivity index is 1.72. The Kier molecular flexibility index (Phi) is 5.09. The van der Waals surface area contributed by atoms with Gasteiger partial charge in [-0.05, 0) is 36.6 Å². The van der Waals surface area contributed by atoms with Crippen molar-refractivity contribution in [2.24, 2.45) is 0 Å². The zero-order chi connectivity index (χ0) is 19.5. The quantitative estimate of drug-likeness (QED) is 0.426. The molecule has 0 amide bonds. The van der Waals surface area contributed by atoms with E-state index in [-0.39, 0.29) is 11.8 Å². The fraction of sp³-hybridized carbons (Fsp3) is 0.160. The summed E-state index contributed by atoms with van der Waals surface area (Å²) < 4.78 is 0. The number of H-pyrrole nitrogens is 1. The molecule has 0 aliphatic carbocycles. The number of ketones is 1. The molecule has 0 radical (unpaired) electrons. The molecule has 28 heavy (non-hydrogen) atoms. The minimum Gasteiger partial charge on any atom is -0.360 e. The molecular formula is C25H24N2O. The SMILES string of the molecule is Cc1ccccc1C(C)NC(C(=O)c1c[nH]c2ccccc12)c1ccccc1. The summed E-state index contributed by atoms with van der Waals surface area (Å²) in [6.45, 7) is 4.22. The Labute approximate surface area is 165 Å². The molecule has 1 heterocycles. The monoisotopic (exact) mass is 368 g/mol. The number of hydrogen-bond acceptors (Lipinski definition) is 2. The Bertz CT molecular complexity index is 1100. The van der Waals surface area contributed by atoms with E-state index in [9.17, 15) is 4.79 Å². The summed E-state index contributed by atoms with van der Waals surface area (Å²) in [6, 6.07) is 25.8. The van der Waals surface area contributed by atoms with E-state index in [4.69, 9.17) is 0 Å². The van der Waals surface area contributed by atoms with Gasteiger partial charge in [-0.1, -0.05) is 72.8 Å². The number of benzene rings is 3. The van der Waals surface area contributed by atoms with Gasteiger partial charge in [-0.2, -0.15) is 0 Å². The van der Waals surface area contributed by atoms with Crippen LogP contribution in [0.1, 0.15) is 46.1 Å². The second-order valence-electron chi connectivity index (χ2n) is 7.20. The van der Waals surface area contributed by atoms with Gasteiger partial charge in [0.15, 0.2) is 5.78 Å². The van der Waals surface area contributed by atoms with Crippen LogP contribution in [0.15, 0.2) is 85.1 Å². The van der Waals surface area contributed by atoms with Gasteiger partial charge in [-0.15, -0.1) is 0 Å². The molecule has 1 aromatic heterocycles. The van der Waals surface area contributed by atoms with Gasteiger partial charge in [0.25, 0.3) is 0 Å². The maximum Gasteiger partial charge on any atom is 0.186 e. The summed E-state index contributed by atoms with van der Waals surface area (Å²) in [6.07, 6.45) is 1.82. The number of carbonyl (C=O) groups is 1. The number of fused-ring (bicyclic) bond motifs is 1. The highest BCUT2D eigenvalue weighted by Crippen LogP contribution is 2.28. The average Bonchev–Trinajstić information content (AvgIpc) is 3.16. The van der Waals surface area contributed by atoms with Crippen LogP contribution in [0.4, 0.5) is 0 Å². The predicted octanol–water partition coefficient (Wildman–Crippen LogP) is 5.75. The number of rotatable bonds is 6. The molecule has 0 aliphatic heterocycles. The lowest BCUT2D eigenvalue weighted by Gasteiger charge is -2.24. The third-order valence-corrected chi connectivity index (χ3v) is 5.32. The van der Waals surface area contributed by atoms with Crippen LogP contribution in [-0.2, 0) is 0 Å². The largest absolute Gasteiger partial charge is 0.360 e. The molecule has 2 unspecified atom stereocenters. The van der Waals surface area contributed by atoms with E-state index in [0.717, 1.165) is 16.5 Å². The highest BCUT2D eigenvalue weighted by Gasteiger charge is 2.26. The lowest BCUT2D eigenvalue weighted by Crippen LogP contribution is -2.31. The van der Waals surface area contributed by atoms with Gasteiger partial charge in [0.1, 0.15) is 0 Å². The molecule has 4 aromatic rings. The van der Waals surface area contributed by atoms with Gasteiger partial charge in [0.05, 0.1) is 6.04 Å². The molecule has 0 aliphatic rings. The average molecular weight is 368 g/mol. The molecule has 2 N–H and O–H groups in total. The lowest BCUT2D eigenvalue weighted by molar-refractivity contribution is 0.0938. The summed E-state index contributed by atoms with van der Waals surface area (Å²) >= 11 is 0. The first kappa shape index (κ1) is 18.2. The van der Waals surface area contributed by atoms with E-state index in [1.165, 1.54) is 11.1 Å². The standard InChI is InChI=1S/C25H24N2O/c1-17-10-6-7-13-20(17)18(2)27-24(19-11-4-3-5-12-19)25(28)22-16-26-23-15-9-8-14-21(22)23/h3-16,18,24,26-27H,1-2H3. The normalized spacial score (nSPS) is 13.4. The van der Waals surface area contributed by atoms with Crippen LogP contribution in [0.3, 0.4) is 0 Å². The number of hydrogen-bond donors (Lipinski definition) is 2. The maximum absolute atomic E-state index is 13.6. The third kappa shape index (κ3) is 3.49. The van der Waals surface area contributed by atoms with Gasteiger partial charge in [0, 0.05) is 28.7 Å². The molecule has 140 valence electrons. The first-order chi connectivity index (χ1) is 13.6. The molecule has 3 nitrogen and oxygen atoms in total. The fourth-order valence-corrected chi connectivity index (χ4v) is 3.81. The summed E-state index contributed by atoms with van der Waals surface area (Å²) in [5.41, 5.74) is 5.08. The second-order valence-corrected chi connectivity index (χ2v) is 7.20. The van der Waals surface area contributed by atoms with Crippen LogP contribution in [-0.4, -0.2) is 10.8 Å². The topological polar surface area (TPSA) is 44.9 Å². The number of para-hydroxylation sites is 1. The lowest BCUT2D eigenvalue weighted by atomic mass is 9.94. The van der Waals surface area contributed by atoms with E-state index >= 15 is 0 Å². The number of aryl methyl sites for hydroxylation is 1. The van der Waals surface area contributed by atoms with Crippen LogP contribution < -0.4 is 5.32 Å². The number of aromatic nitrogens is 1. The molecule has 0 fully saturated rings. The zero-order valence-corrected chi connectivity index (χ0v) is 16.1. The molecule has 0 bridgehead atoms. The van der Waals surface area contributed by atoms with E-state index in [1.807, 2.05) is 72.9 Å². The van der Waals surface area contributed by atoms with E-state index < -0.39 is 6.04 Å². The number of nitrogens with one attached hydrogen (secondary N) is 2. The van der Waals surface area contributed by atoms with Gasteiger partial charge < -0.3 is 4.98 Å².